The van der Waals surface area contributed by atoms with Crippen LogP contribution in [0.2, 0.25) is 0 Å². The fourth-order valence-electron chi connectivity index (χ4n) is 5.50. The molecule has 0 aromatic carbocycles. The highest BCUT2D eigenvalue weighted by Gasteiger charge is 2.31. The van der Waals surface area contributed by atoms with Gasteiger partial charge in [-0.15, -0.1) is 0 Å². The van der Waals surface area contributed by atoms with Crippen LogP contribution in [0, 0.1) is 0 Å². The molecule has 2 atom stereocenters. The van der Waals surface area contributed by atoms with Gasteiger partial charge in [0.15, 0.2) is 0 Å². The van der Waals surface area contributed by atoms with Crippen molar-refractivity contribution in [3.63, 3.8) is 0 Å². The molecule has 3 saturated heterocycles. The molecule has 0 spiro atoms. The van der Waals surface area contributed by atoms with E-state index in [0.29, 0.717) is 24.4 Å². The van der Waals surface area contributed by atoms with Gasteiger partial charge in [-0.2, -0.15) is 4.98 Å². The number of nitrogens with one attached hydrogen (secondary N) is 1. The molecular weight excluding hydrogens is 400 g/mol. The van der Waals surface area contributed by atoms with Crippen LogP contribution in [0.1, 0.15) is 77.6 Å². The number of rotatable bonds is 7. The standard InChI is InChI=1S/C25H42N6O/c1-2-3-12-24(32)31-18-9-11-22(20-31)30-17-8-10-21(19-30)27-25-26-14-13-23(28-25)29-15-6-4-5-7-16-29/h13-14,21-22H,2-12,15-20H2,1H3,(H,26,27,28). The van der Waals surface area contributed by atoms with Gasteiger partial charge < -0.3 is 15.1 Å². The zero-order valence-electron chi connectivity index (χ0n) is 20.0. The number of carbonyl (C=O) groups excluding carboxylic acids is 1. The molecule has 32 heavy (non-hydrogen) atoms. The molecular formula is C25H42N6O. The second kappa shape index (κ2) is 11.8. The molecule has 178 valence electrons. The van der Waals surface area contributed by atoms with Gasteiger partial charge in [-0.3, -0.25) is 9.69 Å². The van der Waals surface area contributed by atoms with Crippen molar-refractivity contribution in [2.45, 2.75) is 89.6 Å². The molecule has 1 aromatic rings. The zero-order chi connectivity index (χ0) is 22.2. The van der Waals surface area contributed by atoms with E-state index in [9.17, 15) is 4.79 Å². The van der Waals surface area contributed by atoms with Gasteiger partial charge in [0, 0.05) is 57.4 Å². The lowest BCUT2D eigenvalue weighted by Gasteiger charge is -2.43. The quantitative estimate of drug-likeness (QED) is 0.691. The summed E-state index contributed by atoms with van der Waals surface area (Å²) in [5, 5.41) is 3.64. The van der Waals surface area contributed by atoms with E-state index in [4.69, 9.17) is 4.98 Å². The predicted octanol–water partition coefficient (Wildman–Crippen LogP) is 3.91. The van der Waals surface area contributed by atoms with Crippen molar-refractivity contribution in [2.24, 2.45) is 0 Å². The number of likely N-dealkylation sites (tertiary alicyclic amines) is 2. The first-order valence-electron chi connectivity index (χ1n) is 13.1. The van der Waals surface area contributed by atoms with Gasteiger partial charge in [-0.05, 0) is 57.6 Å². The van der Waals surface area contributed by atoms with E-state index < -0.39 is 0 Å². The minimum atomic E-state index is 0.349. The van der Waals surface area contributed by atoms with Gasteiger partial charge in [-0.25, -0.2) is 4.98 Å². The van der Waals surface area contributed by atoms with Crippen molar-refractivity contribution in [1.82, 2.24) is 19.8 Å². The van der Waals surface area contributed by atoms with Gasteiger partial charge >= 0.3 is 0 Å². The summed E-state index contributed by atoms with van der Waals surface area (Å²) in [7, 11) is 0. The summed E-state index contributed by atoms with van der Waals surface area (Å²) >= 11 is 0. The third-order valence-electron chi connectivity index (χ3n) is 7.37. The molecule has 3 aliphatic rings. The number of carbonyl (C=O) groups is 1. The number of piperidine rings is 2. The third kappa shape index (κ3) is 6.33. The molecule has 4 heterocycles. The van der Waals surface area contributed by atoms with E-state index in [-0.39, 0.29) is 0 Å². The summed E-state index contributed by atoms with van der Waals surface area (Å²) in [4.78, 5) is 29.1. The Hall–Kier alpha value is -1.89. The Morgan fingerprint density at radius 3 is 2.66 bits per heavy atom. The maximum Gasteiger partial charge on any atom is 0.224 e. The molecule has 0 radical (unpaired) electrons. The van der Waals surface area contributed by atoms with Crippen molar-refractivity contribution in [3.8, 4) is 0 Å². The first-order chi connectivity index (χ1) is 15.7. The fourth-order valence-corrected chi connectivity index (χ4v) is 5.50. The number of aromatic nitrogens is 2. The Bertz CT molecular complexity index is 720. The third-order valence-corrected chi connectivity index (χ3v) is 7.37. The lowest BCUT2D eigenvalue weighted by atomic mass is 9.98. The number of unbranched alkanes of at least 4 members (excludes halogenated alkanes) is 1. The number of hydrogen-bond donors (Lipinski definition) is 1. The summed E-state index contributed by atoms with van der Waals surface area (Å²) in [5.74, 6) is 2.17. The first kappa shape index (κ1) is 23.3. The second-order valence-corrected chi connectivity index (χ2v) is 9.86. The number of amides is 1. The van der Waals surface area contributed by atoms with E-state index in [1.165, 1.54) is 38.5 Å². The SMILES string of the molecule is CCCCC(=O)N1CCCC(N2CCCC(Nc3nccc(N4CCCCCC4)n3)C2)C1. The molecule has 1 amide bonds. The molecule has 1 aromatic heterocycles. The molecule has 3 aliphatic heterocycles. The zero-order valence-corrected chi connectivity index (χ0v) is 20.0. The topological polar surface area (TPSA) is 64.6 Å². The molecule has 7 heteroatoms. The van der Waals surface area contributed by atoms with E-state index >= 15 is 0 Å². The van der Waals surface area contributed by atoms with E-state index in [1.807, 2.05) is 6.20 Å². The second-order valence-electron chi connectivity index (χ2n) is 9.86. The fraction of sp³-hybridized carbons (Fsp3) is 0.800. The number of anilines is 2. The molecule has 0 aliphatic carbocycles. The van der Waals surface area contributed by atoms with Crippen LogP contribution in [0.5, 0.6) is 0 Å². The highest BCUT2D eigenvalue weighted by molar-refractivity contribution is 5.76. The van der Waals surface area contributed by atoms with E-state index in [2.05, 4.69) is 38.0 Å². The van der Waals surface area contributed by atoms with Crippen LogP contribution >= 0.6 is 0 Å². The van der Waals surface area contributed by atoms with Crippen LogP contribution in [-0.4, -0.2) is 77.0 Å². The number of hydrogen-bond acceptors (Lipinski definition) is 6. The Balaban J connectivity index is 1.32. The maximum atomic E-state index is 12.5. The monoisotopic (exact) mass is 442 g/mol. The van der Waals surface area contributed by atoms with E-state index in [0.717, 1.165) is 76.7 Å². The summed E-state index contributed by atoms with van der Waals surface area (Å²) < 4.78 is 0. The molecule has 2 unspecified atom stereocenters. The molecule has 4 rings (SSSR count). The summed E-state index contributed by atoms with van der Waals surface area (Å²) in [6, 6.07) is 2.91. The summed E-state index contributed by atoms with van der Waals surface area (Å²) in [5.41, 5.74) is 0. The average molecular weight is 443 g/mol. The molecule has 3 fully saturated rings. The van der Waals surface area contributed by atoms with Crippen LogP contribution in [0.4, 0.5) is 11.8 Å². The van der Waals surface area contributed by atoms with Crippen LogP contribution in [0.3, 0.4) is 0 Å². The van der Waals surface area contributed by atoms with Crippen LogP contribution < -0.4 is 10.2 Å². The minimum Gasteiger partial charge on any atom is -0.356 e. The Morgan fingerprint density at radius 2 is 1.84 bits per heavy atom. The van der Waals surface area contributed by atoms with Crippen molar-refractivity contribution < 1.29 is 4.79 Å². The molecule has 1 N–H and O–H groups in total. The highest BCUT2D eigenvalue weighted by atomic mass is 16.2. The predicted molar refractivity (Wildman–Crippen MR) is 130 cm³/mol. The first-order valence-corrected chi connectivity index (χ1v) is 13.1. The molecule has 0 saturated carbocycles. The molecule has 0 bridgehead atoms. The van der Waals surface area contributed by atoms with Gasteiger partial charge in [-0.1, -0.05) is 26.2 Å². The lowest BCUT2D eigenvalue weighted by Crippen LogP contribution is -2.54. The summed E-state index contributed by atoms with van der Waals surface area (Å²) in [6.07, 6.45) is 14.5. The Kier molecular flexibility index (Phi) is 8.60. The van der Waals surface area contributed by atoms with Gasteiger partial charge in [0.2, 0.25) is 11.9 Å². The summed E-state index contributed by atoms with van der Waals surface area (Å²) in [6.45, 7) is 8.33. The van der Waals surface area contributed by atoms with Crippen molar-refractivity contribution >= 4 is 17.7 Å². The van der Waals surface area contributed by atoms with Crippen LogP contribution in [0.15, 0.2) is 12.3 Å². The lowest BCUT2D eigenvalue weighted by molar-refractivity contribution is -0.133. The van der Waals surface area contributed by atoms with Gasteiger partial charge in [0.25, 0.3) is 0 Å². The smallest absolute Gasteiger partial charge is 0.224 e. The Labute approximate surface area is 194 Å². The van der Waals surface area contributed by atoms with Gasteiger partial charge in [0.1, 0.15) is 5.82 Å². The highest BCUT2D eigenvalue weighted by Crippen LogP contribution is 2.23. The van der Waals surface area contributed by atoms with Gasteiger partial charge in [0.05, 0.1) is 0 Å². The van der Waals surface area contributed by atoms with Crippen molar-refractivity contribution in [2.75, 3.05) is 49.5 Å². The maximum absolute atomic E-state index is 12.5. The van der Waals surface area contributed by atoms with Crippen molar-refractivity contribution in [1.29, 1.82) is 0 Å². The normalized spacial score (nSPS) is 25.4. The average Bonchev–Trinajstić information content (AvgIpc) is 3.13. The largest absolute Gasteiger partial charge is 0.356 e. The van der Waals surface area contributed by atoms with Crippen LogP contribution in [-0.2, 0) is 4.79 Å². The number of nitrogens with zero attached hydrogens (tertiary/aromatic N) is 5. The van der Waals surface area contributed by atoms with Crippen LogP contribution in [0.25, 0.3) is 0 Å². The van der Waals surface area contributed by atoms with E-state index in [1.54, 1.807) is 0 Å². The minimum absolute atomic E-state index is 0.349. The molecule has 7 nitrogen and oxygen atoms in total. The Morgan fingerprint density at radius 1 is 1.03 bits per heavy atom. The van der Waals surface area contributed by atoms with Crippen molar-refractivity contribution in [3.05, 3.63) is 12.3 Å².